The van der Waals surface area contributed by atoms with Crippen LogP contribution in [0.1, 0.15) is 45.6 Å². The third-order valence-corrected chi connectivity index (χ3v) is 6.83. The predicted octanol–water partition coefficient (Wildman–Crippen LogP) is 4.99. The first-order valence-electron chi connectivity index (χ1n) is 12.4. The highest BCUT2D eigenvalue weighted by Gasteiger charge is 2.40. The van der Waals surface area contributed by atoms with E-state index < -0.39 is 16.6 Å². The summed E-state index contributed by atoms with van der Waals surface area (Å²) in [5, 5.41) is 24.1. The molecule has 0 aromatic heterocycles. The minimum atomic E-state index is -0.759. The van der Waals surface area contributed by atoms with Gasteiger partial charge in [-0.2, -0.15) is 0 Å². The molecule has 0 saturated carbocycles. The van der Waals surface area contributed by atoms with Crippen LogP contribution in [0.25, 0.3) is 0 Å². The van der Waals surface area contributed by atoms with Crippen molar-refractivity contribution in [1.82, 2.24) is 9.62 Å². The van der Waals surface area contributed by atoms with Gasteiger partial charge in [-0.05, 0) is 56.2 Å². The molecule has 1 heterocycles. The summed E-state index contributed by atoms with van der Waals surface area (Å²) in [4.78, 5) is 23.8. The number of non-ortho nitro benzene ring substituents is 1. The van der Waals surface area contributed by atoms with Crippen LogP contribution in [-0.4, -0.2) is 58.2 Å². The Bertz CT molecular complexity index is 934. The maximum absolute atomic E-state index is 12.5. The Morgan fingerprint density at radius 2 is 1.86 bits per heavy atom. The van der Waals surface area contributed by atoms with Crippen molar-refractivity contribution in [3.8, 4) is 0 Å². The molecule has 1 saturated heterocycles. The summed E-state index contributed by atoms with van der Waals surface area (Å²) in [6, 6.07) is 16.6. The molecule has 1 fully saturated rings. The summed E-state index contributed by atoms with van der Waals surface area (Å²) in [6.07, 6.45) is 1.46. The van der Waals surface area contributed by atoms with Gasteiger partial charge in [0, 0.05) is 43.3 Å². The van der Waals surface area contributed by atoms with E-state index in [1.165, 1.54) is 29.6 Å². The van der Waals surface area contributed by atoms with Gasteiger partial charge in [-0.1, -0.05) is 56.7 Å². The van der Waals surface area contributed by atoms with Gasteiger partial charge in [0.05, 0.1) is 11.0 Å². The smallest absolute Gasteiger partial charge is 0.269 e. The Hall–Kier alpha value is -2.46. The van der Waals surface area contributed by atoms with Crippen LogP contribution >= 0.6 is 11.9 Å². The predicted molar refractivity (Wildman–Crippen MR) is 144 cm³/mol. The molecule has 0 spiro atoms. The van der Waals surface area contributed by atoms with E-state index in [0.29, 0.717) is 31.9 Å². The van der Waals surface area contributed by atoms with E-state index in [1.54, 1.807) is 12.1 Å². The quantitative estimate of drug-likeness (QED) is 0.246. The summed E-state index contributed by atoms with van der Waals surface area (Å²) in [5.41, 5.74) is 0.610. The number of ether oxygens (including phenoxy) is 1. The number of nitro groups is 1. The molecule has 2 N–H and O–H groups in total. The van der Waals surface area contributed by atoms with Crippen LogP contribution in [0.2, 0.25) is 0 Å². The van der Waals surface area contributed by atoms with Crippen molar-refractivity contribution < 1.29 is 19.6 Å². The number of hydrogen-bond acceptors (Lipinski definition) is 7. The summed E-state index contributed by atoms with van der Waals surface area (Å²) in [5.74, 6) is 0.215. The van der Waals surface area contributed by atoms with Crippen LogP contribution in [0.3, 0.4) is 0 Å². The van der Waals surface area contributed by atoms with Crippen molar-refractivity contribution in [2.75, 3.05) is 26.2 Å². The van der Waals surface area contributed by atoms with Crippen molar-refractivity contribution >= 4 is 23.5 Å². The highest BCUT2D eigenvalue weighted by Crippen LogP contribution is 2.29. The number of carbonyl (C=O) groups excluding carboxylic acids is 1. The lowest BCUT2D eigenvalue weighted by molar-refractivity contribution is -0.384. The van der Waals surface area contributed by atoms with Gasteiger partial charge in [-0.25, -0.2) is 4.31 Å². The summed E-state index contributed by atoms with van der Waals surface area (Å²) >= 11 is 1.44. The molecule has 2 unspecified atom stereocenters. The molecule has 36 heavy (non-hydrogen) atoms. The van der Waals surface area contributed by atoms with E-state index >= 15 is 0 Å². The molecule has 0 aliphatic carbocycles. The number of aliphatic hydroxyl groups is 1. The number of rotatable bonds is 11. The van der Waals surface area contributed by atoms with E-state index in [4.69, 9.17) is 4.74 Å². The maximum Gasteiger partial charge on any atom is 0.269 e. The van der Waals surface area contributed by atoms with Crippen molar-refractivity contribution in [3.63, 3.8) is 0 Å². The number of aliphatic hydroxyl groups excluding tert-OH is 1. The van der Waals surface area contributed by atoms with Crippen LogP contribution in [0.4, 0.5) is 5.69 Å². The van der Waals surface area contributed by atoms with Crippen LogP contribution in [0.15, 0.2) is 59.5 Å². The molecule has 2 aromatic rings. The van der Waals surface area contributed by atoms with Crippen molar-refractivity contribution in [2.24, 2.45) is 5.92 Å². The first kappa shape index (κ1) is 29.8. The van der Waals surface area contributed by atoms with E-state index in [9.17, 15) is 20.0 Å². The van der Waals surface area contributed by atoms with E-state index in [0.717, 1.165) is 17.9 Å². The summed E-state index contributed by atoms with van der Waals surface area (Å²) in [7, 11) is 0. The standard InChI is InChI=1S/C20H31N3O5S.C7H8/c1-4-20(10-5-11-28-20)19(25)21-12-17(24)14-22(13-15(2)3)29-18-8-6-16(7-9-18)23(26)27;1-7-5-3-2-4-6-7/h6-9,15,17,24H,4-5,10-14H2,1-3H3,(H,21,25);2-6H,1H3. The Kier molecular flexibility index (Phi) is 12.4. The molecular formula is C27H39N3O5S. The average molecular weight is 518 g/mol. The first-order valence-corrected chi connectivity index (χ1v) is 13.2. The second kappa shape index (κ2) is 14.9. The van der Waals surface area contributed by atoms with Crippen molar-refractivity contribution in [1.29, 1.82) is 0 Å². The van der Waals surface area contributed by atoms with Gasteiger partial charge in [0.2, 0.25) is 0 Å². The molecule has 198 valence electrons. The molecule has 2 atom stereocenters. The Balaban J connectivity index is 0.000000558. The number of nitrogens with zero attached hydrogens (tertiary/aromatic N) is 2. The number of carbonyl (C=O) groups is 1. The fraction of sp³-hybridized carbons (Fsp3) is 0.519. The van der Waals surface area contributed by atoms with Gasteiger partial charge in [-0.15, -0.1) is 0 Å². The number of benzene rings is 2. The minimum Gasteiger partial charge on any atom is -0.390 e. The molecule has 0 bridgehead atoms. The number of hydrogen-bond donors (Lipinski definition) is 2. The first-order chi connectivity index (χ1) is 17.1. The van der Waals surface area contributed by atoms with Crippen molar-refractivity contribution in [3.05, 3.63) is 70.3 Å². The summed E-state index contributed by atoms with van der Waals surface area (Å²) in [6.45, 7) is 10.0. The number of nitrogens with one attached hydrogen (secondary N) is 1. The fourth-order valence-electron chi connectivity index (χ4n) is 3.86. The molecule has 2 aromatic carbocycles. The van der Waals surface area contributed by atoms with Gasteiger partial charge in [0.1, 0.15) is 5.60 Å². The molecule has 8 nitrogen and oxygen atoms in total. The van der Waals surface area contributed by atoms with Gasteiger partial charge in [0.25, 0.3) is 11.6 Å². The fourth-order valence-corrected chi connectivity index (χ4v) is 5.03. The molecule has 1 aliphatic heterocycles. The lowest BCUT2D eigenvalue weighted by atomic mass is 9.96. The molecule has 3 rings (SSSR count). The van der Waals surface area contributed by atoms with E-state index in [2.05, 4.69) is 38.2 Å². The zero-order valence-electron chi connectivity index (χ0n) is 21.7. The lowest BCUT2D eigenvalue weighted by Gasteiger charge is -2.28. The average Bonchev–Trinajstić information content (AvgIpc) is 3.34. The van der Waals surface area contributed by atoms with Crippen LogP contribution < -0.4 is 5.32 Å². The highest BCUT2D eigenvalue weighted by molar-refractivity contribution is 7.97. The normalized spacial score (nSPS) is 18.0. The van der Waals surface area contributed by atoms with Gasteiger partial charge < -0.3 is 15.2 Å². The van der Waals surface area contributed by atoms with Crippen LogP contribution in [0, 0.1) is 23.0 Å². The Morgan fingerprint density at radius 1 is 1.19 bits per heavy atom. The topological polar surface area (TPSA) is 105 Å². The zero-order valence-corrected chi connectivity index (χ0v) is 22.5. The van der Waals surface area contributed by atoms with Gasteiger partial charge >= 0.3 is 0 Å². The molecule has 0 radical (unpaired) electrons. The van der Waals surface area contributed by atoms with E-state index in [-0.39, 0.29) is 18.1 Å². The van der Waals surface area contributed by atoms with E-state index in [1.807, 2.05) is 29.4 Å². The third kappa shape index (κ3) is 9.89. The maximum atomic E-state index is 12.5. The minimum absolute atomic E-state index is 0.0477. The molecule has 1 amide bonds. The molecule has 9 heteroatoms. The number of nitro benzene ring substituents is 1. The third-order valence-electron chi connectivity index (χ3n) is 5.79. The van der Waals surface area contributed by atoms with Gasteiger partial charge in [-0.3, -0.25) is 14.9 Å². The second-order valence-electron chi connectivity index (χ2n) is 9.40. The largest absolute Gasteiger partial charge is 0.390 e. The van der Waals surface area contributed by atoms with Gasteiger partial charge in [0.15, 0.2) is 0 Å². The zero-order chi connectivity index (χ0) is 26.6. The Labute approximate surface area is 218 Å². The van der Waals surface area contributed by atoms with Crippen molar-refractivity contribution in [2.45, 2.75) is 63.6 Å². The van der Waals surface area contributed by atoms with Crippen LogP contribution in [0.5, 0.6) is 0 Å². The number of aryl methyl sites for hydroxylation is 1. The highest BCUT2D eigenvalue weighted by atomic mass is 32.2. The number of amides is 1. The SMILES string of the molecule is CCC1(C(=O)NCC(O)CN(CC(C)C)Sc2ccc([N+](=O)[O-])cc2)CCCO1.Cc1ccccc1. The lowest BCUT2D eigenvalue weighted by Crippen LogP contribution is -2.49. The molecular weight excluding hydrogens is 478 g/mol. The summed E-state index contributed by atoms with van der Waals surface area (Å²) < 4.78 is 7.69. The molecule has 1 aliphatic rings. The van der Waals surface area contributed by atoms with Crippen LogP contribution in [-0.2, 0) is 9.53 Å². The second-order valence-corrected chi connectivity index (χ2v) is 10.6. The Morgan fingerprint density at radius 3 is 2.33 bits per heavy atom. The monoisotopic (exact) mass is 517 g/mol.